The molecule has 5 aliphatic heterocycles. The lowest BCUT2D eigenvalue weighted by Gasteiger charge is -2.32. The maximum absolute atomic E-state index is 7.61. The molecule has 24 heteroatoms. The van der Waals surface area contributed by atoms with Gasteiger partial charge in [0.25, 0.3) is 0 Å². The molecule has 0 aromatic heterocycles. The van der Waals surface area contributed by atoms with Crippen molar-refractivity contribution in [1.29, 1.82) is 0 Å². The van der Waals surface area contributed by atoms with Crippen LogP contribution in [0.15, 0.2) is 24.3 Å². The normalized spacial score (nSPS) is 18.5. The molecular weight excluding hydrogens is 763 g/mol. The highest BCUT2D eigenvalue weighted by Crippen LogP contribution is 2.36. The van der Waals surface area contributed by atoms with Crippen LogP contribution in [0.4, 0.5) is 0 Å². The highest BCUT2D eigenvalue weighted by atomic mass is 16.7. The number of fused-ring (bicyclic) bond motifs is 1. The fraction of sp³-hybridized carbons (Fsp3) is 0.829. The number of para-hydroxylation sites is 2. The van der Waals surface area contributed by atoms with Crippen molar-refractivity contribution in [3.63, 3.8) is 0 Å². The maximum Gasteiger partial charge on any atom is 0.591 e. The van der Waals surface area contributed by atoms with E-state index in [4.69, 9.17) is 65.9 Å². The summed E-state index contributed by atoms with van der Waals surface area (Å²) in [6.07, 6.45) is 0. The molecular formula is C35H76B8O16. The van der Waals surface area contributed by atoms with E-state index in [0.717, 1.165) is 64.4 Å². The molecule has 0 atom stereocenters. The highest BCUT2D eigenvalue weighted by molar-refractivity contribution is 6.46. The Balaban J connectivity index is 0. The first-order valence-corrected chi connectivity index (χ1v) is 20.6. The summed E-state index contributed by atoms with van der Waals surface area (Å²) in [5, 5.41) is 15.2. The van der Waals surface area contributed by atoms with E-state index < -0.39 is 7.12 Å². The van der Waals surface area contributed by atoms with Crippen molar-refractivity contribution >= 4 is 56.9 Å². The fourth-order valence-electron chi connectivity index (χ4n) is 4.51. The van der Waals surface area contributed by atoms with Gasteiger partial charge in [0.2, 0.25) is 0 Å². The zero-order chi connectivity index (χ0) is 45.7. The molecule has 16 nitrogen and oxygen atoms in total. The molecule has 0 saturated carbocycles. The van der Waals surface area contributed by atoms with E-state index in [2.05, 4.69) is 50.9 Å². The average Bonchev–Trinajstić information content (AvgIpc) is 3.95. The predicted octanol–water partition coefficient (Wildman–Crippen LogP) is 5.43. The molecule has 0 spiro atoms. The fourth-order valence-corrected chi connectivity index (χ4v) is 4.51. The minimum Gasteiger partial charge on any atom is -0.523 e. The van der Waals surface area contributed by atoms with Gasteiger partial charge in [-0.2, -0.15) is 0 Å². The van der Waals surface area contributed by atoms with Gasteiger partial charge in [-0.25, -0.2) is 0 Å². The monoisotopic (exact) mass is 841 g/mol. The van der Waals surface area contributed by atoms with Gasteiger partial charge in [0.15, 0.2) is 0 Å². The maximum atomic E-state index is 7.61. The van der Waals surface area contributed by atoms with Crippen LogP contribution < -0.4 is 9.31 Å². The van der Waals surface area contributed by atoms with Crippen LogP contribution in [-0.4, -0.2) is 145 Å². The van der Waals surface area contributed by atoms with E-state index in [0.29, 0.717) is 0 Å². The zero-order valence-electron chi connectivity index (χ0n) is 39.7. The summed E-state index contributed by atoms with van der Waals surface area (Å²) in [4.78, 5) is 0. The Morgan fingerprint density at radius 1 is 0.559 bits per heavy atom. The van der Waals surface area contributed by atoms with Gasteiger partial charge in [-0.1, -0.05) is 26.0 Å². The van der Waals surface area contributed by atoms with Gasteiger partial charge in [-0.3, -0.25) is 0 Å². The van der Waals surface area contributed by atoms with Gasteiger partial charge in [-0.15, -0.1) is 0 Å². The van der Waals surface area contributed by atoms with Gasteiger partial charge in [-0.05, 0) is 108 Å². The molecule has 59 heavy (non-hydrogen) atoms. The summed E-state index contributed by atoms with van der Waals surface area (Å²) < 4.78 is 71.4. The molecule has 0 unspecified atom stereocenters. The molecule has 0 amide bonds. The van der Waals surface area contributed by atoms with Crippen LogP contribution in [0.1, 0.15) is 55.4 Å². The van der Waals surface area contributed by atoms with E-state index in [1.54, 1.807) is 14.2 Å². The van der Waals surface area contributed by atoms with Crippen LogP contribution in [0.3, 0.4) is 0 Å². The third-order valence-electron chi connectivity index (χ3n) is 8.27. The van der Waals surface area contributed by atoms with Crippen molar-refractivity contribution in [3.8, 4) is 11.5 Å². The van der Waals surface area contributed by atoms with E-state index in [-0.39, 0.29) is 66.4 Å². The molecule has 2 N–H and O–H groups in total. The molecule has 5 heterocycles. The lowest BCUT2D eigenvalue weighted by Crippen LogP contribution is -2.41. The van der Waals surface area contributed by atoms with E-state index in [1.165, 1.54) is 6.82 Å². The first-order valence-electron chi connectivity index (χ1n) is 20.6. The van der Waals surface area contributed by atoms with Crippen molar-refractivity contribution in [2.24, 2.45) is 5.41 Å². The lowest BCUT2D eigenvalue weighted by atomic mass is 9.86. The van der Waals surface area contributed by atoms with Crippen LogP contribution >= 0.6 is 0 Å². The third-order valence-corrected chi connectivity index (χ3v) is 8.27. The minimum absolute atomic E-state index is 0.00183. The van der Waals surface area contributed by atoms with Gasteiger partial charge in [0, 0.05) is 46.1 Å². The Morgan fingerprint density at radius 2 is 0.881 bits per heavy atom. The van der Waals surface area contributed by atoms with Gasteiger partial charge in [0.05, 0.1) is 37.6 Å². The number of benzene rings is 1. The molecule has 0 radical (unpaired) electrons. The molecule has 336 valence electrons. The van der Waals surface area contributed by atoms with Crippen LogP contribution in [0.25, 0.3) is 0 Å². The van der Waals surface area contributed by atoms with Crippen molar-refractivity contribution in [2.45, 2.75) is 121 Å². The van der Waals surface area contributed by atoms with Gasteiger partial charge < -0.3 is 75.2 Å². The first kappa shape index (κ1) is 59.9. The van der Waals surface area contributed by atoms with E-state index in [1.807, 2.05) is 85.9 Å². The second kappa shape index (κ2) is 33.4. The van der Waals surface area contributed by atoms with E-state index in [9.17, 15) is 0 Å². The van der Waals surface area contributed by atoms with Gasteiger partial charge in [0.1, 0.15) is 11.5 Å². The van der Waals surface area contributed by atoms with Crippen molar-refractivity contribution in [1.82, 2.24) is 0 Å². The highest BCUT2D eigenvalue weighted by Gasteiger charge is 2.48. The Kier molecular flexibility index (Phi) is 33.8. The van der Waals surface area contributed by atoms with Gasteiger partial charge >= 0.3 is 56.9 Å². The summed E-state index contributed by atoms with van der Waals surface area (Å²) in [5.41, 5.74) is -0.106. The average molecular weight is 839 g/mol. The molecule has 6 rings (SSSR count). The minimum atomic E-state index is -1.17. The van der Waals surface area contributed by atoms with Crippen LogP contribution in [0, 0.1) is 5.41 Å². The molecule has 5 aliphatic rings. The van der Waals surface area contributed by atoms with Crippen LogP contribution in [0.2, 0.25) is 54.6 Å². The Labute approximate surface area is 360 Å². The van der Waals surface area contributed by atoms with Crippen molar-refractivity contribution in [2.75, 3.05) is 67.1 Å². The quantitative estimate of drug-likeness (QED) is 0.348. The number of rotatable bonds is 6. The van der Waals surface area contributed by atoms with Crippen molar-refractivity contribution < 1.29 is 75.2 Å². The second-order valence-corrected chi connectivity index (χ2v) is 15.2. The number of hydrogen-bond acceptors (Lipinski definition) is 16. The lowest BCUT2D eigenvalue weighted by molar-refractivity contribution is 0.00578. The molecule has 4 saturated heterocycles. The predicted molar refractivity (Wildman–Crippen MR) is 242 cm³/mol. The SMILES string of the molecule is CB(O)O.CB1OC(C)(C)C(C)(C)O1.CB1OCC(C)(C)CO1.CB1OCCO1.CB1OCCO1.CB1Oc2ccccc2O1.CCOB(C)OCC.COB(C)OC. The summed E-state index contributed by atoms with van der Waals surface area (Å²) in [6, 6.07) is 7.66. The standard InChI is InChI=1S/C7H7BO2.C7H15BO2.C6H13BO2.C5H13BO2.2C3H7BO2.C3H9BO2.CH5BO2/c1-8-9-6-4-2-3-5-7(6)10-8;1-6(2)7(3,4)10-8(5)9-6;1-6(2)4-8-7(3)9-5-6;1-4-7-6(3)8-5-2;2*1-4-5-2-3-6-4;1-4(5-2)6-3;1-2(3)4/h2-5H,1H3;1-5H3;4-5H2,1-3H3;4-5H2,1-3H3;2*2-3H2,1H3;1-3H3;3-4H,1H3. The summed E-state index contributed by atoms with van der Waals surface area (Å²) in [7, 11) is 1.84. The Bertz CT molecular complexity index is 1060. The van der Waals surface area contributed by atoms with E-state index >= 15 is 0 Å². The Hall–Kier alpha value is -1.22. The molecule has 0 aliphatic carbocycles. The first-order chi connectivity index (χ1) is 27.4. The van der Waals surface area contributed by atoms with Crippen LogP contribution in [-0.2, 0) is 55.9 Å². The third kappa shape index (κ3) is 32.2. The molecule has 1 aromatic rings. The smallest absolute Gasteiger partial charge is 0.523 e. The topological polar surface area (TPSA) is 170 Å². The molecule has 1 aromatic carbocycles. The zero-order valence-corrected chi connectivity index (χ0v) is 39.7. The Morgan fingerprint density at radius 3 is 1.08 bits per heavy atom. The molecule has 0 bridgehead atoms. The number of hydrogen-bond donors (Lipinski definition) is 2. The summed E-state index contributed by atoms with van der Waals surface area (Å²) >= 11 is 0. The van der Waals surface area contributed by atoms with Crippen molar-refractivity contribution in [3.05, 3.63) is 24.3 Å². The summed E-state index contributed by atoms with van der Waals surface area (Å²) in [6.45, 7) is 37.1. The second-order valence-electron chi connectivity index (χ2n) is 15.2. The summed E-state index contributed by atoms with van der Waals surface area (Å²) in [5.74, 6) is 1.69. The van der Waals surface area contributed by atoms with Crippen LogP contribution in [0.5, 0.6) is 11.5 Å². The largest absolute Gasteiger partial charge is 0.591 e. The molecule has 4 fully saturated rings.